The van der Waals surface area contributed by atoms with Crippen molar-refractivity contribution in [2.45, 2.75) is 19.5 Å². The van der Waals surface area contributed by atoms with E-state index in [1.165, 1.54) is 16.7 Å². The first kappa shape index (κ1) is 14.1. The number of rotatable bonds is 2. The van der Waals surface area contributed by atoms with Gasteiger partial charge < -0.3 is 5.11 Å². The maximum absolute atomic E-state index is 9.76. The van der Waals surface area contributed by atoms with Crippen LogP contribution in [0.15, 0.2) is 45.3 Å². The van der Waals surface area contributed by atoms with Crippen LogP contribution in [0.5, 0.6) is 5.75 Å². The molecular formula is C16H15Br2NO. The maximum atomic E-state index is 9.76. The van der Waals surface area contributed by atoms with Crippen LogP contribution in [0, 0.1) is 0 Å². The highest BCUT2D eigenvalue weighted by atomic mass is 79.9. The molecule has 1 heterocycles. The number of fused-ring (bicyclic) bond motifs is 1. The summed E-state index contributed by atoms with van der Waals surface area (Å²) >= 11 is 6.78. The van der Waals surface area contributed by atoms with E-state index in [-0.39, 0.29) is 5.75 Å². The van der Waals surface area contributed by atoms with Crippen LogP contribution in [0.4, 0.5) is 0 Å². The van der Waals surface area contributed by atoms with Crippen molar-refractivity contribution < 1.29 is 5.11 Å². The minimum atomic E-state index is 0.262. The molecule has 0 amide bonds. The van der Waals surface area contributed by atoms with Crippen molar-refractivity contribution in [3.8, 4) is 5.75 Å². The second-order valence-electron chi connectivity index (χ2n) is 5.14. The molecule has 0 fully saturated rings. The smallest absolute Gasteiger partial charge is 0.143 e. The fraction of sp³-hybridized carbons (Fsp3) is 0.250. The van der Waals surface area contributed by atoms with Gasteiger partial charge in [0.15, 0.2) is 0 Å². The summed E-state index contributed by atoms with van der Waals surface area (Å²) in [6.45, 7) is 2.96. The van der Waals surface area contributed by atoms with Gasteiger partial charge in [-0.2, -0.15) is 0 Å². The highest BCUT2D eigenvalue weighted by Crippen LogP contribution is 2.34. The van der Waals surface area contributed by atoms with E-state index in [9.17, 15) is 5.11 Å². The summed E-state index contributed by atoms with van der Waals surface area (Å²) in [5, 5.41) is 9.76. The quantitative estimate of drug-likeness (QED) is 0.809. The second kappa shape index (κ2) is 5.88. The van der Waals surface area contributed by atoms with E-state index >= 15 is 0 Å². The summed E-state index contributed by atoms with van der Waals surface area (Å²) in [6, 6.07) is 12.6. The number of benzene rings is 2. The molecule has 0 radical (unpaired) electrons. The molecular weight excluding hydrogens is 382 g/mol. The average Bonchev–Trinajstić information content (AvgIpc) is 2.44. The van der Waals surface area contributed by atoms with E-state index in [1.54, 1.807) is 0 Å². The molecule has 0 bridgehead atoms. The Kier molecular flexibility index (Phi) is 4.15. The van der Waals surface area contributed by atoms with E-state index in [4.69, 9.17) is 0 Å². The third-order valence-electron chi connectivity index (χ3n) is 3.69. The van der Waals surface area contributed by atoms with Crippen LogP contribution < -0.4 is 0 Å². The molecule has 4 heteroatoms. The van der Waals surface area contributed by atoms with Crippen LogP contribution in [0.25, 0.3) is 0 Å². The normalized spacial score (nSPS) is 15.1. The highest BCUT2D eigenvalue weighted by Gasteiger charge is 2.16. The minimum Gasteiger partial charge on any atom is -0.506 e. The Morgan fingerprint density at radius 3 is 2.40 bits per heavy atom. The fourth-order valence-electron chi connectivity index (χ4n) is 2.66. The number of hydrogen-bond acceptors (Lipinski definition) is 2. The average molecular weight is 397 g/mol. The zero-order valence-corrected chi connectivity index (χ0v) is 14.1. The molecule has 3 rings (SSSR count). The number of hydrogen-bond donors (Lipinski definition) is 1. The third-order valence-corrected chi connectivity index (χ3v) is 4.90. The van der Waals surface area contributed by atoms with Crippen molar-refractivity contribution in [2.24, 2.45) is 0 Å². The summed E-state index contributed by atoms with van der Waals surface area (Å²) in [4.78, 5) is 2.44. The maximum Gasteiger partial charge on any atom is 0.143 e. The number of aromatic hydroxyl groups is 1. The Bertz CT molecular complexity index is 619. The van der Waals surface area contributed by atoms with Gasteiger partial charge in [0.05, 0.1) is 8.95 Å². The third kappa shape index (κ3) is 2.92. The van der Waals surface area contributed by atoms with E-state index in [0.717, 1.165) is 35.0 Å². The van der Waals surface area contributed by atoms with Gasteiger partial charge in [-0.15, -0.1) is 0 Å². The first-order valence-electron chi connectivity index (χ1n) is 6.59. The highest BCUT2D eigenvalue weighted by molar-refractivity contribution is 9.11. The van der Waals surface area contributed by atoms with Crippen LogP contribution >= 0.6 is 31.9 Å². The molecule has 104 valence electrons. The number of phenolic OH excluding ortho intramolecular Hbond substituents is 1. The van der Waals surface area contributed by atoms with Crippen LogP contribution in [0.3, 0.4) is 0 Å². The molecule has 0 aromatic heterocycles. The van der Waals surface area contributed by atoms with E-state index in [1.807, 2.05) is 12.1 Å². The Morgan fingerprint density at radius 2 is 1.70 bits per heavy atom. The van der Waals surface area contributed by atoms with Crippen molar-refractivity contribution in [3.05, 3.63) is 62.0 Å². The van der Waals surface area contributed by atoms with Gasteiger partial charge >= 0.3 is 0 Å². The fourth-order valence-corrected chi connectivity index (χ4v) is 3.94. The first-order chi connectivity index (χ1) is 9.63. The first-order valence-corrected chi connectivity index (χ1v) is 8.18. The lowest BCUT2D eigenvalue weighted by Gasteiger charge is -2.28. The van der Waals surface area contributed by atoms with Crippen molar-refractivity contribution in [3.63, 3.8) is 0 Å². The van der Waals surface area contributed by atoms with Gasteiger partial charge in [0.25, 0.3) is 0 Å². The lowest BCUT2D eigenvalue weighted by molar-refractivity contribution is 0.245. The second-order valence-corrected chi connectivity index (χ2v) is 6.85. The Labute approximate surface area is 135 Å². The van der Waals surface area contributed by atoms with Crippen molar-refractivity contribution in [2.75, 3.05) is 6.54 Å². The molecule has 0 spiro atoms. The van der Waals surface area contributed by atoms with Crippen molar-refractivity contribution in [1.29, 1.82) is 0 Å². The zero-order chi connectivity index (χ0) is 14.1. The molecule has 0 saturated carbocycles. The van der Waals surface area contributed by atoms with Crippen LogP contribution in [0.1, 0.15) is 16.7 Å². The largest absolute Gasteiger partial charge is 0.506 e. The van der Waals surface area contributed by atoms with Gasteiger partial charge in [0, 0.05) is 19.6 Å². The van der Waals surface area contributed by atoms with Gasteiger partial charge in [-0.3, -0.25) is 4.90 Å². The van der Waals surface area contributed by atoms with Gasteiger partial charge in [-0.1, -0.05) is 24.3 Å². The summed E-state index contributed by atoms with van der Waals surface area (Å²) in [5.74, 6) is 0.262. The topological polar surface area (TPSA) is 23.5 Å². The van der Waals surface area contributed by atoms with E-state index in [2.05, 4.69) is 61.0 Å². The molecule has 1 aliphatic rings. The molecule has 0 unspecified atom stereocenters. The van der Waals surface area contributed by atoms with Crippen LogP contribution in [0.2, 0.25) is 0 Å². The van der Waals surface area contributed by atoms with E-state index < -0.39 is 0 Å². The zero-order valence-electron chi connectivity index (χ0n) is 10.9. The molecule has 0 saturated heterocycles. The summed E-state index contributed by atoms with van der Waals surface area (Å²) in [6.07, 6.45) is 1.11. The summed E-state index contributed by atoms with van der Waals surface area (Å²) in [7, 11) is 0. The Balaban J connectivity index is 1.77. The SMILES string of the molecule is Oc1c(Br)cc(CN2CCc3ccccc3C2)cc1Br. The van der Waals surface area contributed by atoms with Gasteiger partial charge in [-0.05, 0) is 67.1 Å². The minimum absolute atomic E-state index is 0.262. The van der Waals surface area contributed by atoms with Gasteiger partial charge in [0.2, 0.25) is 0 Å². The molecule has 2 nitrogen and oxygen atoms in total. The molecule has 20 heavy (non-hydrogen) atoms. The van der Waals surface area contributed by atoms with E-state index in [0.29, 0.717) is 0 Å². The Morgan fingerprint density at radius 1 is 1.05 bits per heavy atom. The summed E-state index contributed by atoms with van der Waals surface area (Å²) < 4.78 is 1.47. The molecule has 1 N–H and O–H groups in total. The van der Waals surface area contributed by atoms with Crippen molar-refractivity contribution in [1.82, 2.24) is 4.90 Å². The molecule has 2 aromatic rings. The van der Waals surface area contributed by atoms with Gasteiger partial charge in [-0.25, -0.2) is 0 Å². The molecule has 1 aliphatic heterocycles. The van der Waals surface area contributed by atoms with Gasteiger partial charge in [0.1, 0.15) is 5.75 Å². The predicted octanol–water partition coefficient (Wildman–Crippen LogP) is 4.48. The summed E-state index contributed by atoms with van der Waals surface area (Å²) in [5.41, 5.74) is 4.09. The monoisotopic (exact) mass is 395 g/mol. The lowest BCUT2D eigenvalue weighted by Crippen LogP contribution is -2.29. The van der Waals surface area contributed by atoms with Crippen LogP contribution in [-0.4, -0.2) is 16.6 Å². The molecule has 0 atom stereocenters. The predicted molar refractivity (Wildman–Crippen MR) is 87.8 cm³/mol. The number of halogens is 2. The molecule has 0 aliphatic carbocycles. The number of nitrogens with zero attached hydrogens (tertiary/aromatic N) is 1. The standard InChI is InChI=1S/C16H15Br2NO/c17-14-7-11(8-15(18)16(14)20)9-19-6-5-12-3-1-2-4-13(12)10-19/h1-4,7-8,20H,5-6,9-10H2. The van der Waals surface area contributed by atoms with Crippen molar-refractivity contribution >= 4 is 31.9 Å². The van der Waals surface area contributed by atoms with Crippen LogP contribution in [-0.2, 0) is 19.5 Å². The number of phenols is 1. The Hall–Kier alpha value is -0.840. The lowest BCUT2D eigenvalue weighted by atomic mass is 9.99. The molecule has 2 aromatic carbocycles.